The van der Waals surface area contributed by atoms with Gasteiger partial charge in [0.05, 0.1) is 12.2 Å². The van der Waals surface area contributed by atoms with Crippen molar-refractivity contribution in [2.45, 2.75) is 33.0 Å². The van der Waals surface area contributed by atoms with Crippen molar-refractivity contribution in [3.8, 4) is 6.07 Å². The van der Waals surface area contributed by atoms with Crippen LogP contribution < -0.4 is 4.90 Å². The molecule has 0 amide bonds. The Morgan fingerprint density at radius 2 is 1.95 bits per heavy atom. The Labute approximate surface area is 127 Å². The molecule has 0 spiro atoms. The lowest BCUT2D eigenvalue weighted by atomic mass is 10.1. The molecule has 0 radical (unpaired) electrons. The van der Waals surface area contributed by atoms with Crippen molar-refractivity contribution in [1.82, 2.24) is 15.1 Å². The van der Waals surface area contributed by atoms with Gasteiger partial charge in [0.15, 0.2) is 5.82 Å². The Bertz CT molecular complexity index is 593. The van der Waals surface area contributed by atoms with Crippen LogP contribution in [0.2, 0.25) is 0 Å². The summed E-state index contributed by atoms with van der Waals surface area (Å²) in [6, 6.07) is 1.86. The van der Waals surface area contributed by atoms with E-state index in [1.54, 1.807) is 20.8 Å². The van der Waals surface area contributed by atoms with Crippen LogP contribution in [0.3, 0.4) is 0 Å². The number of piperazine rings is 1. The van der Waals surface area contributed by atoms with Gasteiger partial charge in [-0.1, -0.05) is 0 Å². The van der Waals surface area contributed by atoms with E-state index in [4.69, 9.17) is 0 Å². The number of anilines is 1. The number of rotatable bonds is 2. The number of nitrogens with zero attached hydrogens (tertiary/aromatic N) is 5. The molecule has 120 valence electrons. The number of halogens is 3. The molecule has 0 bridgehead atoms. The number of aromatic nitrogens is 2. The van der Waals surface area contributed by atoms with Crippen molar-refractivity contribution in [2.75, 3.05) is 31.1 Å². The maximum Gasteiger partial charge on any atom is 0.401 e. The third-order valence-electron chi connectivity index (χ3n) is 3.99. The highest BCUT2D eigenvalue weighted by atomic mass is 19.4. The van der Waals surface area contributed by atoms with E-state index in [1.165, 1.54) is 4.90 Å². The third-order valence-corrected chi connectivity index (χ3v) is 3.99. The van der Waals surface area contributed by atoms with Crippen molar-refractivity contribution in [2.24, 2.45) is 0 Å². The molecule has 0 N–H and O–H groups in total. The van der Waals surface area contributed by atoms with E-state index in [0.29, 0.717) is 30.2 Å². The van der Waals surface area contributed by atoms with E-state index in [2.05, 4.69) is 16.3 Å². The predicted octanol–water partition coefficient (Wildman–Crippen LogP) is 2.04. The van der Waals surface area contributed by atoms with Gasteiger partial charge < -0.3 is 4.90 Å². The summed E-state index contributed by atoms with van der Waals surface area (Å²) in [5.74, 6) is 0.462. The molecule has 5 nitrogen and oxygen atoms in total. The summed E-state index contributed by atoms with van der Waals surface area (Å²) in [4.78, 5) is 3.24. The molecule has 2 rings (SSSR count). The highest BCUT2D eigenvalue weighted by molar-refractivity contribution is 5.57. The zero-order valence-electron chi connectivity index (χ0n) is 12.8. The van der Waals surface area contributed by atoms with E-state index >= 15 is 0 Å². The van der Waals surface area contributed by atoms with Crippen LogP contribution in [-0.4, -0.2) is 53.5 Å². The molecule has 1 aromatic heterocycles. The zero-order valence-corrected chi connectivity index (χ0v) is 12.8. The summed E-state index contributed by atoms with van der Waals surface area (Å²) in [5.41, 5.74) is 1.89. The van der Waals surface area contributed by atoms with Gasteiger partial charge in [0.2, 0.25) is 0 Å². The molecule has 0 aromatic carbocycles. The van der Waals surface area contributed by atoms with Crippen LogP contribution in [0.25, 0.3) is 0 Å². The maximum absolute atomic E-state index is 12.5. The first-order valence-corrected chi connectivity index (χ1v) is 7.02. The second-order valence-corrected chi connectivity index (χ2v) is 5.60. The summed E-state index contributed by atoms with van der Waals surface area (Å²) in [7, 11) is 0. The summed E-state index contributed by atoms with van der Waals surface area (Å²) >= 11 is 0. The number of nitriles is 1. The van der Waals surface area contributed by atoms with Crippen molar-refractivity contribution < 1.29 is 13.2 Å². The minimum Gasteiger partial charge on any atom is -0.351 e. The number of aryl methyl sites for hydroxylation is 1. The molecule has 22 heavy (non-hydrogen) atoms. The molecule has 1 aliphatic rings. The molecular weight excluding hydrogens is 295 g/mol. The van der Waals surface area contributed by atoms with E-state index < -0.39 is 12.7 Å². The first-order chi connectivity index (χ1) is 10.2. The lowest BCUT2D eigenvalue weighted by Crippen LogP contribution is -2.54. The summed E-state index contributed by atoms with van der Waals surface area (Å²) in [6.45, 7) is 5.48. The number of hydrogen-bond donors (Lipinski definition) is 0. The third kappa shape index (κ3) is 3.47. The average molecular weight is 313 g/mol. The second-order valence-electron chi connectivity index (χ2n) is 5.60. The van der Waals surface area contributed by atoms with E-state index in [9.17, 15) is 18.4 Å². The molecule has 1 unspecified atom stereocenters. The highest BCUT2D eigenvalue weighted by Crippen LogP contribution is 2.25. The Hall–Kier alpha value is -1.88. The fourth-order valence-electron chi connectivity index (χ4n) is 2.60. The Morgan fingerprint density at radius 1 is 1.27 bits per heavy atom. The van der Waals surface area contributed by atoms with Gasteiger partial charge in [0.1, 0.15) is 11.6 Å². The van der Waals surface area contributed by atoms with Gasteiger partial charge in [-0.15, -0.1) is 5.10 Å². The quantitative estimate of drug-likeness (QED) is 0.836. The molecule has 0 saturated carbocycles. The summed E-state index contributed by atoms with van der Waals surface area (Å²) < 4.78 is 37.6. The molecule has 2 heterocycles. The van der Waals surface area contributed by atoms with Crippen LogP contribution in [0, 0.1) is 25.2 Å². The van der Waals surface area contributed by atoms with Crippen molar-refractivity contribution in [3.05, 3.63) is 16.8 Å². The van der Waals surface area contributed by atoms with Gasteiger partial charge in [0, 0.05) is 25.7 Å². The maximum atomic E-state index is 12.5. The Morgan fingerprint density at radius 3 is 2.50 bits per heavy atom. The van der Waals surface area contributed by atoms with Crippen LogP contribution in [-0.2, 0) is 0 Å². The first kappa shape index (κ1) is 16.5. The predicted molar refractivity (Wildman–Crippen MR) is 75.5 cm³/mol. The lowest BCUT2D eigenvalue weighted by molar-refractivity contribution is -0.150. The molecule has 1 atom stereocenters. The molecule has 0 aliphatic carbocycles. The fourth-order valence-corrected chi connectivity index (χ4v) is 2.60. The van der Waals surface area contributed by atoms with Gasteiger partial charge in [-0.25, -0.2) is 0 Å². The SMILES string of the molecule is Cc1nnc(N2CCN(CC(F)(F)F)C(C)C2)c(C#N)c1C. The fraction of sp³-hybridized carbons (Fsp3) is 0.643. The highest BCUT2D eigenvalue weighted by Gasteiger charge is 2.35. The summed E-state index contributed by atoms with van der Waals surface area (Å²) in [5, 5.41) is 17.4. The minimum atomic E-state index is -4.20. The lowest BCUT2D eigenvalue weighted by Gasteiger charge is -2.40. The van der Waals surface area contributed by atoms with Gasteiger partial charge >= 0.3 is 6.18 Å². The van der Waals surface area contributed by atoms with Gasteiger partial charge in [-0.3, -0.25) is 4.90 Å². The zero-order chi connectivity index (χ0) is 16.5. The van der Waals surface area contributed by atoms with E-state index in [1.807, 2.05) is 4.90 Å². The van der Waals surface area contributed by atoms with Crippen LogP contribution in [0.15, 0.2) is 0 Å². The largest absolute Gasteiger partial charge is 0.401 e. The molecule has 1 saturated heterocycles. The van der Waals surface area contributed by atoms with Crippen molar-refractivity contribution in [1.29, 1.82) is 5.26 Å². The Kier molecular flexibility index (Phi) is 4.56. The minimum absolute atomic E-state index is 0.273. The van der Waals surface area contributed by atoms with E-state index in [-0.39, 0.29) is 12.6 Å². The average Bonchev–Trinajstić information content (AvgIpc) is 2.42. The van der Waals surface area contributed by atoms with Gasteiger partial charge in [-0.2, -0.15) is 23.5 Å². The van der Waals surface area contributed by atoms with Crippen molar-refractivity contribution in [3.63, 3.8) is 0 Å². The monoisotopic (exact) mass is 313 g/mol. The van der Waals surface area contributed by atoms with Crippen LogP contribution >= 0.6 is 0 Å². The first-order valence-electron chi connectivity index (χ1n) is 7.02. The van der Waals surface area contributed by atoms with Crippen molar-refractivity contribution >= 4 is 5.82 Å². The molecule has 1 fully saturated rings. The molecule has 8 heteroatoms. The van der Waals surface area contributed by atoms with Gasteiger partial charge in [0.25, 0.3) is 0 Å². The normalized spacial score (nSPS) is 20.0. The molecule has 1 aliphatic heterocycles. The number of alkyl halides is 3. The smallest absolute Gasteiger partial charge is 0.351 e. The van der Waals surface area contributed by atoms with Crippen LogP contribution in [0.4, 0.5) is 19.0 Å². The van der Waals surface area contributed by atoms with Crippen LogP contribution in [0.5, 0.6) is 0 Å². The Balaban J connectivity index is 2.18. The topological polar surface area (TPSA) is 56.1 Å². The molecular formula is C14H18F3N5. The van der Waals surface area contributed by atoms with E-state index in [0.717, 1.165) is 5.56 Å². The van der Waals surface area contributed by atoms with Gasteiger partial charge in [-0.05, 0) is 26.3 Å². The molecule has 1 aromatic rings. The second kappa shape index (κ2) is 6.08. The standard InChI is InChI=1S/C14H18F3N5/c1-9-7-21(4-5-22(9)8-14(15,16)17)13-12(6-18)10(2)11(3)19-20-13/h9H,4-5,7-8H2,1-3H3. The van der Waals surface area contributed by atoms with Crippen LogP contribution in [0.1, 0.15) is 23.7 Å². The number of hydrogen-bond acceptors (Lipinski definition) is 5. The summed E-state index contributed by atoms with van der Waals surface area (Å²) in [6.07, 6.45) is -4.20.